The number of ether oxygens (including phenoxy) is 7. The highest BCUT2D eigenvalue weighted by atomic mass is 32.2. The van der Waals surface area contributed by atoms with Gasteiger partial charge in [0.1, 0.15) is 41.5 Å². The molecule has 1 saturated heterocycles. The highest BCUT2D eigenvalue weighted by Gasteiger charge is 2.53. The molecule has 22 nitrogen and oxygen atoms in total. The van der Waals surface area contributed by atoms with Crippen molar-refractivity contribution < 1.29 is 80.6 Å². The number of methoxy groups -OCH3 is 2. The van der Waals surface area contributed by atoms with E-state index in [1.165, 1.54) is 34.3 Å². The normalized spacial score (nSPS) is 27.4. The van der Waals surface area contributed by atoms with Gasteiger partial charge < -0.3 is 73.6 Å². The van der Waals surface area contributed by atoms with E-state index in [-0.39, 0.29) is 67.7 Å². The summed E-state index contributed by atoms with van der Waals surface area (Å²) in [6.07, 6.45) is -4.54. The molecule has 1 aliphatic heterocycles. The second-order valence-corrected chi connectivity index (χ2v) is 24.5. The van der Waals surface area contributed by atoms with Crippen LogP contribution in [0.3, 0.4) is 0 Å². The van der Waals surface area contributed by atoms with Crippen LogP contribution in [0.1, 0.15) is 118 Å². The number of carboxylic acid groups (broad SMARTS) is 1. The van der Waals surface area contributed by atoms with Crippen molar-refractivity contribution in [2.45, 2.75) is 186 Å². The number of likely N-dealkylation sites (N-methyl/N-ethyl adjacent to an activating group) is 1. The number of benzene rings is 1. The first-order chi connectivity index (χ1) is 36.3. The number of carbonyl (C=O) groups is 3. The number of rotatable bonds is 31. The SMILES string of the molecule is CC[C@@H](OC(=O)[C@H](C)[C@@H](O[C@@H]1C[C@@H](C)[C@H](OS(=O)(=O)CCNCCCOc2ccc3c(=N)c(C(=O)O)cn(N(C)C)c3c2)[C@](C)(OC)C1)C(C)[C@@H](O[C@@H]1O[C@H](C)C[C@H](N(C)C)[C@H]1O)[C@@](C)(C[C@@H](C)C=O)OC)[C@@](C)(O)[C@@H](C)O. The van der Waals surface area contributed by atoms with E-state index in [1.807, 2.05) is 39.8 Å². The van der Waals surface area contributed by atoms with Crippen LogP contribution in [0.25, 0.3) is 10.9 Å². The summed E-state index contributed by atoms with van der Waals surface area (Å²) in [5.41, 5.74) is -3.79. The maximum absolute atomic E-state index is 14.5. The van der Waals surface area contributed by atoms with Crippen LogP contribution in [0, 0.1) is 29.1 Å². The van der Waals surface area contributed by atoms with Crippen molar-refractivity contribution in [3.05, 3.63) is 35.3 Å². The summed E-state index contributed by atoms with van der Waals surface area (Å²) in [5, 5.41) is 56.7. The number of carbonyl (C=O) groups excluding carboxylic acids is 2. The molecule has 0 radical (unpaired) electrons. The molecule has 4 rings (SSSR count). The van der Waals surface area contributed by atoms with Gasteiger partial charge in [0.2, 0.25) is 0 Å². The summed E-state index contributed by atoms with van der Waals surface area (Å²) in [7, 11) is 6.09. The lowest BCUT2D eigenvalue weighted by Gasteiger charge is -2.50. The summed E-state index contributed by atoms with van der Waals surface area (Å²) in [4.78, 5) is 40.4. The molecule has 1 aromatic carbocycles. The smallest absolute Gasteiger partial charge is 0.339 e. The number of carboxylic acids is 1. The summed E-state index contributed by atoms with van der Waals surface area (Å²) in [6, 6.07) is 4.73. The van der Waals surface area contributed by atoms with E-state index in [0.717, 1.165) is 6.29 Å². The Bertz CT molecular complexity index is 2460. The maximum atomic E-state index is 14.5. The molecular weight excluding hydrogens is 1030 g/mol. The van der Waals surface area contributed by atoms with Crippen molar-refractivity contribution in [2.24, 2.45) is 23.7 Å². The fraction of sp³-hybridized carbons (Fsp3) is 0.782. The van der Waals surface area contributed by atoms with Gasteiger partial charge in [0.05, 0.1) is 70.9 Å². The Hall–Kier alpha value is -3.85. The number of hydrogen-bond donors (Lipinski definition) is 6. The van der Waals surface area contributed by atoms with Crippen molar-refractivity contribution in [2.75, 3.05) is 72.9 Å². The molecule has 1 saturated carbocycles. The number of aliphatic hydroxyl groups is 3. The fourth-order valence-corrected chi connectivity index (χ4v) is 12.3. The van der Waals surface area contributed by atoms with Crippen molar-refractivity contribution in [3.8, 4) is 5.75 Å². The van der Waals surface area contributed by atoms with E-state index in [1.54, 1.807) is 76.6 Å². The number of nitrogens with one attached hydrogen (secondary N) is 2. The zero-order chi connectivity index (χ0) is 58.8. The molecule has 2 aromatic rings. The molecule has 0 spiro atoms. The van der Waals surface area contributed by atoms with E-state index in [0.29, 0.717) is 36.0 Å². The van der Waals surface area contributed by atoms with Gasteiger partial charge in [0.25, 0.3) is 10.1 Å². The molecule has 0 amide bonds. The third kappa shape index (κ3) is 16.4. The summed E-state index contributed by atoms with van der Waals surface area (Å²) < 4.78 is 79.6. The van der Waals surface area contributed by atoms with Crippen molar-refractivity contribution >= 4 is 39.2 Å². The molecule has 23 heteroatoms. The molecule has 2 heterocycles. The van der Waals surface area contributed by atoms with E-state index in [4.69, 9.17) is 42.8 Å². The summed E-state index contributed by atoms with van der Waals surface area (Å²) in [5.74, 6) is -4.57. The highest BCUT2D eigenvalue weighted by molar-refractivity contribution is 7.86. The van der Waals surface area contributed by atoms with Crippen molar-refractivity contribution in [1.82, 2.24) is 14.9 Å². The highest BCUT2D eigenvalue weighted by Crippen LogP contribution is 2.43. The van der Waals surface area contributed by atoms with Gasteiger partial charge in [0.15, 0.2) is 6.29 Å². The van der Waals surface area contributed by atoms with Gasteiger partial charge >= 0.3 is 11.9 Å². The Morgan fingerprint density at radius 1 is 1.06 bits per heavy atom. The standard InChI is InChI=1S/C55H93N5O17S/c1-17-44(55(10,67)37(7)62)75-51(66)36(6)47(35(5)49(53(8,70-15)28-32(2)31-61)76-52-46(63)43(58(11)12)26-34(4)73-52)74-39-25-33(3)48(54(9,29-39)71-16)77-78(68,69)24-22-57-21-18-23-72-38-19-20-40-42(27-38)60(59(13)14)30-41(45(40)56)50(64)65/h19-20,27,30-37,39,43-44,46-49,52,56-57,62-63,67H,17-18,21-26,28-29H2,1-16H3,(H,64,65)/t32-,33-,34-,35?,36-,37-,39-,43+,44-,46-,47+,48+,49-,52+,53-,54-,55+/m1/s1. The van der Waals surface area contributed by atoms with E-state index >= 15 is 0 Å². The van der Waals surface area contributed by atoms with E-state index in [2.05, 4.69) is 5.32 Å². The number of aromatic nitrogens is 1. The second-order valence-electron chi connectivity index (χ2n) is 22.8. The average molecular weight is 1130 g/mol. The molecule has 446 valence electrons. The summed E-state index contributed by atoms with van der Waals surface area (Å²) in [6.45, 7) is 17.8. The minimum atomic E-state index is -4.12. The molecule has 1 unspecified atom stereocenters. The lowest BCUT2D eigenvalue weighted by atomic mass is 9.74. The van der Waals surface area contributed by atoms with Crippen LogP contribution < -0.4 is 20.4 Å². The third-order valence-corrected chi connectivity index (χ3v) is 17.2. The molecule has 78 heavy (non-hydrogen) atoms. The monoisotopic (exact) mass is 1130 g/mol. The molecule has 6 N–H and O–H groups in total. The number of aliphatic hydroxyl groups excluding tert-OH is 2. The fourth-order valence-electron chi connectivity index (χ4n) is 11.1. The first-order valence-corrected chi connectivity index (χ1v) is 28.8. The Morgan fingerprint density at radius 2 is 1.73 bits per heavy atom. The molecule has 0 bridgehead atoms. The number of fused-ring (bicyclic) bond motifs is 1. The quantitative estimate of drug-likeness (QED) is 0.0271. The number of pyridine rings is 1. The summed E-state index contributed by atoms with van der Waals surface area (Å²) >= 11 is 0. The van der Waals surface area contributed by atoms with Gasteiger partial charge in [-0.1, -0.05) is 27.7 Å². The number of aromatic carboxylic acids is 1. The predicted molar refractivity (Wildman–Crippen MR) is 292 cm³/mol. The lowest BCUT2D eigenvalue weighted by molar-refractivity contribution is -0.304. The molecule has 2 aliphatic rings. The Labute approximate surface area is 461 Å². The van der Waals surface area contributed by atoms with Crippen LogP contribution in [0.5, 0.6) is 5.75 Å². The molecule has 1 aromatic heterocycles. The lowest BCUT2D eigenvalue weighted by Crippen LogP contribution is -2.60. The maximum Gasteiger partial charge on any atom is 0.339 e. The second kappa shape index (κ2) is 28.2. The van der Waals surface area contributed by atoms with Crippen LogP contribution >= 0.6 is 0 Å². The first-order valence-electron chi connectivity index (χ1n) is 27.2. The number of esters is 1. The predicted octanol–water partition coefficient (Wildman–Crippen LogP) is 3.85. The zero-order valence-electron chi connectivity index (χ0n) is 48.9. The average Bonchev–Trinajstić information content (AvgIpc) is 3.37. The van der Waals surface area contributed by atoms with Crippen LogP contribution in [-0.2, 0) is 52.3 Å². The zero-order valence-corrected chi connectivity index (χ0v) is 49.7. The van der Waals surface area contributed by atoms with Gasteiger partial charge in [-0.25, -0.2) is 4.79 Å². The Morgan fingerprint density at radius 3 is 2.29 bits per heavy atom. The molecule has 1 aliphatic carbocycles. The Kier molecular flexibility index (Phi) is 24.1. The van der Waals surface area contributed by atoms with E-state index in [9.17, 15) is 43.2 Å². The van der Waals surface area contributed by atoms with Gasteiger partial charge in [-0.15, -0.1) is 0 Å². The molecule has 2 fully saturated rings. The van der Waals surface area contributed by atoms with Crippen LogP contribution in [-0.4, -0.2) is 202 Å². The van der Waals surface area contributed by atoms with E-state index < -0.39 is 112 Å². The largest absolute Gasteiger partial charge is 0.493 e. The minimum Gasteiger partial charge on any atom is -0.493 e. The first kappa shape index (κ1) is 66.7. The Balaban J connectivity index is 1.54. The number of hydrogen-bond acceptors (Lipinski definition) is 20. The minimum absolute atomic E-state index is 0.0852. The molecular formula is C55H93N5O17S. The number of aldehydes is 1. The number of nitrogens with zero attached hydrogens (tertiary/aromatic N) is 3. The third-order valence-electron chi connectivity index (χ3n) is 16.0. The van der Waals surface area contributed by atoms with Crippen molar-refractivity contribution in [3.63, 3.8) is 0 Å². The van der Waals surface area contributed by atoms with Gasteiger partial charge in [-0.05, 0) is 112 Å². The van der Waals surface area contributed by atoms with Crippen molar-refractivity contribution in [1.29, 1.82) is 5.41 Å². The van der Waals surface area contributed by atoms with Crippen LogP contribution in [0.15, 0.2) is 24.4 Å². The van der Waals surface area contributed by atoms with Crippen LogP contribution in [0.2, 0.25) is 0 Å². The molecule has 17 atom stereocenters. The van der Waals surface area contributed by atoms with Gasteiger partial charge in [-0.3, -0.25) is 19.1 Å². The topological polar surface area (TPSA) is 287 Å². The van der Waals surface area contributed by atoms with Gasteiger partial charge in [-0.2, -0.15) is 8.42 Å². The van der Waals surface area contributed by atoms with Crippen LogP contribution in [0.4, 0.5) is 0 Å². The van der Waals surface area contributed by atoms with Gasteiger partial charge in [0, 0.05) is 76.8 Å².